The average molecular weight is 1050 g/mol. The third-order valence-electron chi connectivity index (χ3n) is 7.91. The van der Waals surface area contributed by atoms with Gasteiger partial charge < -0.3 is 9.84 Å². The van der Waals surface area contributed by atoms with Crippen LogP contribution in [-0.2, 0) is 22.0 Å². The fraction of sp³-hybridized carbons (Fsp3) is 0.314. The molecule has 1 aromatic heterocycles. The van der Waals surface area contributed by atoms with Gasteiger partial charge in [0.25, 0.3) is 0 Å². The molecule has 3 aromatic carbocycles. The lowest BCUT2D eigenvalue weighted by Crippen LogP contribution is -2.18. The van der Waals surface area contributed by atoms with Crippen LogP contribution in [0.4, 0.5) is 0 Å². The number of nitrogens with zero attached hydrogens (tertiary/aromatic N) is 1. The van der Waals surface area contributed by atoms with E-state index in [1.807, 2.05) is 18.2 Å². The van der Waals surface area contributed by atoms with Crippen LogP contribution in [0.1, 0.15) is 97.0 Å². The summed E-state index contributed by atoms with van der Waals surface area (Å²) in [7, 11) is 0. The predicted molar refractivity (Wildman–Crippen MR) is 210 cm³/mol. The summed E-state index contributed by atoms with van der Waals surface area (Å²) in [5, 5.41) is 11.8. The van der Waals surface area contributed by atoms with E-state index in [0.29, 0.717) is 34.5 Å². The van der Waals surface area contributed by atoms with Gasteiger partial charge in [-0.25, -0.2) is 4.98 Å². The highest BCUT2D eigenvalue weighted by atomic mass is 127. The molecule has 10 heteroatoms. The Balaban J connectivity index is 1.43. The van der Waals surface area contributed by atoms with Crippen molar-refractivity contribution >= 4 is 119 Å². The number of Topliss-reactive ketones (excluding diaryl/α,β-unsaturated/α-hetero) is 2. The van der Waals surface area contributed by atoms with Crippen LogP contribution in [-0.4, -0.2) is 27.6 Å². The van der Waals surface area contributed by atoms with Crippen molar-refractivity contribution in [2.24, 2.45) is 0 Å². The van der Waals surface area contributed by atoms with Gasteiger partial charge in [-0.05, 0) is 136 Å². The summed E-state index contributed by atoms with van der Waals surface area (Å²) in [4.78, 5) is 45.3. The quantitative estimate of drug-likeness (QED) is 0.0535. The maximum Gasteiger partial charge on any atom is 0.311 e. The van der Waals surface area contributed by atoms with Gasteiger partial charge in [-0.3, -0.25) is 14.4 Å². The molecule has 0 bridgehead atoms. The summed E-state index contributed by atoms with van der Waals surface area (Å²) < 4.78 is 9.31. The summed E-state index contributed by atoms with van der Waals surface area (Å²) in [6.45, 7) is 12.3. The minimum Gasteiger partial charge on any atom is -0.507 e. The molecule has 4 aromatic rings. The van der Waals surface area contributed by atoms with Crippen molar-refractivity contribution in [1.29, 1.82) is 0 Å². The molecule has 1 heterocycles. The fourth-order valence-corrected chi connectivity index (χ4v) is 9.27. The van der Waals surface area contributed by atoms with E-state index in [4.69, 9.17) is 9.72 Å². The third-order valence-corrected chi connectivity index (χ3v) is 15.3. The van der Waals surface area contributed by atoms with Crippen molar-refractivity contribution in [3.05, 3.63) is 90.3 Å². The van der Waals surface area contributed by atoms with E-state index in [1.54, 1.807) is 24.3 Å². The van der Waals surface area contributed by atoms with Crippen LogP contribution in [0.5, 0.6) is 11.5 Å². The van der Waals surface area contributed by atoms with Crippen LogP contribution in [0.25, 0.3) is 10.9 Å². The molecule has 0 unspecified atom stereocenters. The number of aromatic hydroxyl groups is 1. The number of ketones is 2. The molecule has 1 aliphatic carbocycles. The largest absolute Gasteiger partial charge is 0.507 e. The zero-order valence-corrected chi connectivity index (χ0v) is 34.2. The lowest BCUT2D eigenvalue weighted by atomic mass is 9.78. The number of halogens is 4. The molecule has 1 aliphatic rings. The summed E-state index contributed by atoms with van der Waals surface area (Å²) in [6.07, 6.45) is 0.560. The number of aryl methyl sites for hydroxylation is 1. The first-order chi connectivity index (χ1) is 20.9. The van der Waals surface area contributed by atoms with E-state index < -0.39 is 11.9 Å². The molecule has 0 radical (unpaired) electrons. The number of carbonyl (C=O) groups excluding carboxylic acids is 3. The number of phenols is 1. The Labute approximate surface area is 317 Å². The van der Waals surface area contributed by atoms with Crippen LogP contribution < -0.4 is 4.74 Å². The molecule has 5 rings (SSSR count). The first-order valence-electron chi connectivity index (χ1n) is 14.3. The summed E-state index contributed by atoms with van der Waals surface area (Å²) in [6, 6.07) is 12.8. The van der Waals surface area contributed by atoms with E-state index in [1.165, 1.54) is 0 Å². The van der Waals surface area contributed by atoms with Crippen LogP contribution in [0.3, 0.4) is 0 Å². The molecule has 0 amide bonds. The van der Waals surface area contributed by atoms with Crippen LogP contribution in [0.15, 0.2) is 42.5 Å². The standard InChI is InChI=1S/C35H31I4NO5/c1-34(2,3)18-14-16(15-19(31(18)42)35(4,5)6)10-13-22(41)45-21-9-7-8-17-11-12-20(40-30(17)21)23-32(43)24-25(33(23)44)27(37)29(39)28(38)26(24)36/h7-9,11-12,14-15,23,42H,10,13H2,1-6H3. The molecular formula is C35H31I4NO5. The Bertz CT molecular complexity index is 1840. The lowest BCUT2D eigenvalue weighted by Gasteiger charge is -2.28. The van der Waals surface area contributed by atoms with Crippen molar-refractivity contribution < 1.29 is 24.2 Å². The van der Waals surface area contributed by atoms with Gasteiger partial charge >= 0.3 is 5.97 Å². The number of para-hydroxylation sites is 1. The monoisotopic (exact) mass is 1050 g/mol. The highest BCUT2D eigenvalue weighted by molar-refractivity contribution is 14.1. The van der Waals surface area contributed by atoms with Gasteiger partial charge in [-0.1, -0.05) is 71.9 Å². The number of fused-ring (bicyclic) bond motifs is 2. The molecule has 0 spiro atoms. The van der Waals surface area contributed by atoms with E-state index in [9.17, 15) is 19.5 Å². The highest BCUT2D eigenvalue weighted by Gasteiger charge is 2.44. The molecule has 0 atom stereocenters. The number of esters is 1. The Kier molecular flexibility index (Phi) is 10.0. The fourth-order valence-electron chi connectivity index (χ4n) is 5.55. The van der Waals surface area contributed by atoms with Gasteiger partial charge in [-0.2, -0.15) is 0 Å². The number of hydrogen-bond acceptors (Lipinski definition) is 6. The van der Waals surface area contributed by atoms with Gasteiger partial charge in [0.2, 0.25) is 0 Å². The van der Waals surface area contributed by atoms with Gasteiger partial charge in [0, 0.05) is 37.2 Å². The van der Waals surface area contributed by atoms with E-state index in [2.05, 4.69) is 132 Å². The van der Waals surface area contributed by atoms with Crippen LogP contribution >= 0.6 is 90.4 Å². The number of carbonyl (C=O) groups is 3. The molecule has 45 heavy (non-hydrogen) atoms. The topological polar surface area (TPSA) is 93.6 Å². The second-order valence-corrected chi connectivity index (χ2v) is 17.6. The molecular weight excluding hydrogens is 1020 g/mol. The number of aromatic nitrogens is 1. The minimum absolute atomic E-state index is 0.122. The molecule has 1 N–H and O–H groups in total. The smallest absolute Gasteiger partial charge is 0.311 e. The van der Waals surface area contributed by atoms with E-state index >= 15 is 0 Å². The van der Waals surface area contributed by atoms with Crippen LogP contribution in [0.2, 0.25) is 0 Å². The summed E-state index contributed by atoms with van der Waals surface area (Å²) >= 11 is 8.72. The van der Waals surface area contributed by atoms with Gasteiger partial charge in [0.1, 0.15) is 17.2 Å². The zero-order valence-electron chi connectivity index (χ0n) is 25.6. The molecule has 0 aliphatic heterocycles. The van der Waals surface area contributed by atoms with Crippen molar-refractivity contribution in [3.8, 4) is 11.5 Å². The van der Waals surface area contributed by atoms with Crippen molar-refractivity contribution in [3.63, 3.8) is 0 Å². The molecule has 0 saturated carbocycles. The first kappa shape index (κ1) is 34.9. The van der Waals surface area contributed by atoms with Crippen molar-refractivity contribution in [2.45, 2.75) is 71.1 Å². The zero-order chi connectivity index (χ0) is 33.2. The predicted octanol–water partition coefficient (Wildman–Crippen LogP) is 9.65. The normalized spacial score (nSPS) is 13.9. The maximum absolute atomic E-state index is 13.7. The number of benzene rings is 3. The second kappa shape index (κ2) is 12.9. The van der Waals surface area contributed by atoms with Crippen LogP contribution in [0, 0.1) is 14.3 Å². The summed E-state index contributed by atoms with van der Waals surface area (Å²) in [5.74, 6) is -1.41. The van der Waals surface area contributed by atoms with Crippen molar-refractivity contribution in [1.82, 2.24) is 4.98 Å². The first-order valence-corrected chi connectivity index (χ1v) is 18.6. The number of hydrogen-bond donors (Lipinski definition) is 1. The average Bonchev–Trinajstić information content (AvgIpc) is 3.22. The van der Waals surface area contributed by atoms with E-state index in [-0.39, 0.29) is 34.6 Å². The highest BCUT2D eigenvalue weighted by Crippen LogP contribution is 2.43. The van der Waals surface area contributed by atoms with Gasteiger partial charge in [0.05, 0.1) is 5.69 Å². The number of phenolic OH excluding ortho intramolecular Hbond substituents is 1. The Morgan fingerprint density at radius 3 is 1.87 bits per heavy atom. The minimum atomic E-state index is -1.05. The third kappa shape index (κ3) is 6.67. The Hall–Kier alpha value is -1.40. The van der Waals surface area contributed by atoms with Gasteiger partial charge in [0.15, 0.2) is 17.3 Å². The number of ether oxygens (including phenoxy) is 1. The van der Waals surface area contributed by atoms with E-state index in [0.717, 1.165) is 36.4 Å². The Morgan fingerprint density at radius 1 is 0.822 bits per heavy atom. The summed E-state index contributed by atoms with van der Waals surface area (Å²) in [5.41, 5.74) is 3.76. The van der Waals surface area contributed by atoms with Gasteiger partial charge in [-0.15, -0.1) is 0 Å². The molecule has 234 valence electrons. The SMILES string of the molecule is CC(C)(C)c1cc(CCC(=O)Oc2cccc3ccc(C4C(=O)c5c(I)c(I)c(I)c(I)c5C4=O)nc23)cc(C(C)(C)C)c1O. The molecule has 0 saturated heterocycles. The second-order valence-electron chi connectivity index (χ2n) is 13.2. The molecule has 0 fully saturated rings. The molecule has 6 nitrogen and oxygen atoms in total. The van der Waals surface area contributed by atoms with Crippen molar-refractivity contribution in [2.75, 3.05) is 0 Å². The Morgan fingerprint density at radius 2 is 1.36 bits per heavy atom. The lowest BCUT2D eigenvalue weighted by molar-refractivity contribution is -0.134. The number of rotatable bonds is 5. The maximum atomic E-state index is 13.7. The number of pyridine rings is 1.